The summed E-state index contributed by atoms with van der Waals surface area (Å²) in [5, 5.41) is 4.37. The van der Waals surface area contributed by atoms with Crippen LogP contribution in [0.3, 0.4) is 0 Å². The van der Waals surface area contributed by atoms with E-state index < -0.39 is 0 Å². The van der Waals surface area contributed by atoms with E-state index in [4.69, 9.17) is 27.9 Å². The maximum absolute atomic E-state index is 5.86. The molecule has 0 heterocycles. The molecule has 0 spiro atoms. The molecule has 0 amide bonds. The van der Waals surface area contributed by atoms with Crippen LogP contribution in [0.1, 0.15) is 6.42 Å². The second kappa shape index (κ2) is 6.12. The van der Waals surface area contributed by atoms with Gasteiger partial charge in [0, 0.05) is 25.9 Å². The second-order valence-corrected chi connectivity index (χ2v) is 3.72. The molecule has 78 valence electrons. The summed E-state index contributed by atoms with van der Waals surface area (Å²) in [6.45, 7) is 1.63. The summed E-state index contributed by atoms with van der Waals surface area (Å²) in [4.78, 5) is 0. The largest absolute Gasteiger partial charge is 0.385 e. The summed E-state index contributed by atoms with van der Waals surface area (Å²) in [6.07, 6.45) is 0.969. The van der Waals surface area contributed by atoms with E-state index in [0.29, 0.717) is 10.0 Å². The highest BCUT2D eigenvalue weighted by atomic mass is 35.5. The van der Waals surface area contributed by atoms with Crippen molar-refractivity contribution in [3.05, 3.63) is 28.2 Å². The van der Waals surface area contributed by atoms with Crippen LogP contribution in [-0.2, 0) is 4.74 Å². The normalized spacial score (nSPS) is 10.2. The van der Waals surface area contributed by atoms with Crippen molar-refractivity contribution in [1.82, 2.24) is 0 Å². The summed E-state index contributed by atoms with van der Waals surface area (Å²) in [5.74, 6) is 0. The average Bonchev–Trinajstić information content (AvgIpc) is 2.18. The van der Waals surface area contributed by atoms with Gasteiger partial charge in [-0.3, -0.25) is 0 Å². The molecule has 2 nitrogen and oxygen atoms in total. The number of rotatable bonds is 5. The van der Waals surface area contributed by atoms with Gasteiger partial charge in [0.05, 0.1) is 10.0 Å². The van der Waals surface area contributed by atoms with Crippen LogP contribution < -0.4 is 5.32 Å². The SMILES string of the molecule is COCCCNc1ccc(Cl)c(Cl)c1. The zero-order valence-corrected chi connectivity index (χ0v) is 9.53. The van der Waals surface area contributed by atoms with Crippen LogP contribution in [0.15, 0.2) is 18.2 Å². The smallest absolute Gasteiger partial charge is 0.0612 e. The lowest BCUT2D eigenvalue weighted by molar-refractivity contribution is 0.198. The first kappa shape index (κ1) is 11.6. The van der Waals surface area contributed by atoms with Gasteiger partial charge < -0.3 is 10.1 Å². The minimum absolute atomic E-state index is 0.573. The van der Waals surface area contributed by atoms with Crippen LogP contribution in [0.2, 0.25) is 10.0 Å². The summed E-state index contributed by atoms with van der Waals surface area (Å²) in [6, 6.07) is 5.50. The van der Waals surface area contributed by atoms with E-state index in [0.717, 1.165) is 25.3 Å². The quantitative estimate of drug-likeness (QED) is 0.788. The third-order valence-corrected chi connectivity index (χ3v) is 2.51. The fraction of sp³-hybridized carbons (Fsp3) is 0.400. The molecular weight excluding hydrogens is 221 g/mol. The molecule has 0 unspecified atom stereocenters. The molecule has 0 aromatic heterocycles. The molecule has 4 heteroatoms. The van der Waals surface area contributed by atoms with Crippen LogP contribution >= 0.6 is 23.2 Å². The molecule has 0 aliphatic carbocycles. The lowest BCUT2D eigenvalue weighted by atomic mass is 10.3. The van der Waals surface area contributed by atoms with Gasteiger partial charge in [0.25, 0.3) is 0 Å². The van der Waals surface area contributed by atoms with Crippen molar-refractivity contribution in [3.63, 3.8) is 0 Å². The van der Waals surface area contributed by atoms with Crippen molar-refractivity contribution < 1.29 is 4.74 Å². The predicted molar refractivity (Wildman–Crippen MR) is 61.4 cm³/mol. The summed E-state index contributed by atoms with van der Waals surface area (Å²) in [5.41, 5.74) is 0.982. The van der Waals surface area contributed by atoms with Gasteiger partial charge in [-0.05, 0) is 24.6 Å². The van der Waals surface area contributed by atoms with Crippen LogP contribution in [0, 0.1) is 0 Å². The van der Waals surface area contributed by atoms with E-state index in [1.165, 1.54) is 0 Å². The van der Waals surface area contributed by atoms with Gasteiger partial charge in [-0.1, -0.05) is 23.2 Å². The molecule has 0 aliphatic rings. The molecule has 0 radical (unpaired) electrons. The Hall–Kier alpha value is -0.440. The maximum atomic E-state index is 5.86. The average molecular weight is 234 g/mol. The van der Waals surface area contributed by atoms with Gasteiger partial charge in [-0.2, -0.15) is 0 Å². The number of anilines is 1. The fourth-order valence-corrected chi connectivity index (χ4v) is 1.35. The zero-order valence-electron chi connectivity index (χ0n) is 8.02. The first-order valence-corrected chi connectivity index (χ1v) is 5.17. The van der Waals surface area contributed by atoms with Crippen molar-refractivity contribution >= 4 is 28.9 Å². The Labute approximate surface area is 94.2 Å². The highest BCUT2D eigenvalue weighted by Crippen LogP contribution is 2.24. The highest BCUT2D eigenvalue weighted by Gasteiger charge is 1.98. The predicted octanol–water partition coefficient (Wildman–Crippen LogP) is 3.44. The second-order valence-electron chi connectivity index (χ2n) is 2.90. The third-order valence-electron chi connectivity index (χ3n) is 1.77. The standard InChI is InChI=1S/C10H13Cl2NO/c1-14-6-2-5-13-8-3-4-9(11)10(12)7-8/h3-4,7,13H,2,5-6H2,1H3. The van der Waals surface area contributed by atoms with Gasteiger partial charge in [0.1, 0.15) is 0 Å². The monoisotopic (exact) mass is 233 g/mol. The number of benzene rings is 1. The van der Waals surface area contributed by atoms with Gasteiger partial charge in [0.2, 0.25) is 0 Å². The zero-order chi connectivity index (χ0) is 10.4. The van der Waals surface area contributed by atoms with Gasteiger partial charge >= 0.3 is 0 Å². The molecule has 0 atom stereocenters. The van der Waals surface area contributed by atoms with E-state index in [1.807, 2.05) is 12.1 Å². The van der Waals surface area contributed by atoms with Crippen LogP contribution in [-0.4, -0.2) is 20.3 Å². The Morgan fingerprint density at radius 3 is 2.71 bits per heavy atom. The van der Waals surface area contributed by atoms with E-state index in [-0.39, 0.29) is 0 Å². The third kappa shape index (κ3) is 3.74. The lowest BCUT2D eigenvalue weighted by Crippen LogP contribution is -2.04. The molecule has 1 rings (SSSR count). The summed E-state index contributed by atoms with van der Waals surface area (Å²) >= 11 is 11.6. The number of nitrogens with one attached hydrogen (secondary N) is 1. The van der Waals surface area contributed by atoms with Gasteiger partial charge in [0.15, 0.2) is 0 Å². The molecule has 0 saturated heterocycles. The Bertz CT molecular complexity index is 291. The van der Waals surface area contributed by atoms with Crippen LogP contribution in [0.25, 0.3) is 0 Å². The van der Waals surface area contributed by atoms with Crippen molar-refractivity contribution in [2.75, 3.05) is 25.6 Å². The molecule has 0 fully saturated rings. The van der Waals surface area contributed by atoms with E-state index in [9.17, 15) is 0 Å². The molecule has 1 aromatic carbocycles. The van der Waals surface area contributed by atoms with E-state index >= 15 is 0 Å². The Kier molecular flexibility index (Phi) is 5.09. The summed E-state index contributed by atoms with van der Waals surface area (Å²) in [7, 11) is 1.69. The molecule has 0 aliphatic heterocycles. The summed E-state index contributed by atoms with van der Waals surface area (Å²) < 4.78 is 4.94. The number of ether oxygens (including phenoxy) is 1. The number of hydrogen-bond acceptors (Lipinski definition) is 2. The Morgan fingerprint density at radius 1 is 1.29 bits per heavy atom. The number of halogens is 2. The number of methoxy groups -OCH3 is 1. The molecule has 14 heavy (non-hydrogen) atoms. The van der Waals surface area contributed by atoms with Gasteiger partial charge in [-0.15, -0.1) is 0 Å². The van der Waals surface area contributed by atoms with Crippen molar-refractivity contribution in [3.8, 4) is 0 Å². The molecule has 0 saturated carbocycles. The maximum Gasteiger partial charge on any atom is 0.0612 e. The van der Waals surface area contributed by atoms with E-state index in [2.05, 4.69) is 5.32 Å². The minimum Gasteiger partial charge on any atom is -0.385 e. The van der Waals surface area contributed by atoms with Crippen LogP contribution in [0.4, 0.5) is 5.69 Å². The minimum atomic E-state index is 0.573. The Morgan fingerprint density at radius 2 is 2.07 bits per heavy atom. The topological polar surface area (TPSA) is 21.3 Å². The highest BCUT2D eigenvalue weighted by molar-refractivity contribution is 6.42. The molecule has 1 aromatic rings. The fourth-order valence-electron chi connectivity index (χ4n) is 1.06. The molecule has 1 N–H and O–H groups in total. The Balaban J connectivity index is 2.39. The van der Waals surface area contributed by atoms with Crippen molar-refractivity contribution in [2.45, 2.75) is 6.42 Å². The lowest BCUT2D eigenvalue weighted by Gasteiger charge is -2.06. The van der Waals surface area contributed by atoms with E-state index in [1.54, 1.807) is 13.2 Å². The number of hydrogen-bond donors (Lipinski definition) is 1. The van der Waals surface area contributed by atoms with Crippen LogP contribution in [0.5, 0.6) is 0 Å². The first-order valence-electron chi connectivity index (χ1n) is 4.42. The molecule has 0 bridgehead atoms. The van der Waals surface area contributed by atoms with Gasteiger partial charge in [-0.25, -0.2) is 0 Å². The first-order chi connectivity index (χ1) is 6.74. The van der Waals surface area contributed by atoms with Crippen molar-refractivity contribution in [1.29, 1.82) is 0 Å². The molecular formula is C10H13Cl2NO. The van der Waals surface area contributed by atoms with Crippen molar-refractivity contribution in [2.24, 2.45) is 0 Å².